The first-order chi connectivity index (χ1) is 11.3. The second kappa shape index (κ2) is 5.70. The van der Waals surface area contributed by atoms with Crippen molar-refractivity contribution in [2.24, 2.45) is 16.7 Å². The number of aromatic nitrogens is 1. The number of hydrazone groups is 1. The van der Waals surface area contributed by atoms with E-state index in [2.05, 4.69) is 10.1 Å². The van der Waals surface area contributed by atoms with Crippen LogP contribution in [0.3, 0.4) is 0 Å². The molecule has 2 aromatic rings. The molecule has 0 amide bonds. The van der Waals surface area contributed by atoms with Gasteiger partial charge in [-0.25, -0.2) is 4.98 Å². The van der Waals surface area contributed by atoms with Crippen molar-refractivity contribution in [3.63, 3.8) is 0 Å². The van der Waals surface area contributed by atoms with Crippen LogP contribution in [0.1, 0.15) is 34.0 Å². The molecule has 24 heavy (non-hydrogen) atoms. The Bertz CT molecular complexity index is 817. The highest BCUT2D eigenvalue weighted by molar-refractivity contribution is 5.95. The van der Waals surface area contributed by atoms with Gasteiger partial charge in [0.25, 0.3) is 0 Å². The number of nitrogens with zero attached hydrogens (tertiary/aromatic N) is 2. The minimum atomic E-state index is -4.49. The van der Waals surface area contributed by atoms with Crippen LogP contribution in [0.4, 0.5) is 13.2 Å². The third-order valence-electron chi connectivity index (χ3n) is 4.15. The lowest BCUT2D eigenvalue weighted by molar-refractivity contribution is -0.137. The van der Waals surface area contributed by atoms with E-state index < -0.39 is 11.7 Å². The van der Waals surface area contributed by atoms with Crippen molar-refractivity contribution in [1.29, 1.82) is 0 Å². The normalized spacial score (nSPS) is 17.8. The van der Waals surface area contributed by atoms with Gasteiger partial charge in [0.15, 0.2) is 5.84 Å². The third-order valence-corrected chi connectivity index (χ3v) is 4.15. The number of pyridine rings is 1. The second-order valence-electron chi connectivity index (χ2n) is 5.70. The summed E-state index contributed by atoms with van der Waals surface area (Å²) in [6.07, 6.45) is -3.72. The maximum Gasteiger partial charge on any atom is 0.416 e. The average molecular weight is 336 g/mol. The van der Waals surface area contributed by atoms with Crippen LogP contribution in [-0.2, 0) is 19.0 Å². The van der Waals surface area contributed by atoms with Gasteiger partial charge in [0.2, 0.25) is 0 Å². The predicted octanol–water partition coefficient (Wildman–Crippen LogP) is 2.27. The molecule has 1 aliphatic rings. The van der Waals surface area contributed by atoms with Crippen molar-refractivity contribution < 1.29 is 18.3 Å². The van der Waals surface area contributed by atoms with Gasteiger partial charge in [-0.05, 0) is 48.2 Å². The van der Waals surface area contributed by atoms with Gasteiger partial charge in [0.1, 0.15) is 11.4 Å². The molecule has 8 heteroatoms. The Morgan fingerprint density at radius 3 is 2.67 bits per heavy atom. The van der Waals surface area contributed by atoms with Crippen molar-refractivity contribution in [1.82, 2.24) is 4.98 Å². The molecule has 0 fully saturated rings. The molecule has 0 saturated carbocycles. The Morgan fingerprint density at radius 1 is 1.25 bits per heavy atom. The average Bonchev–Trinajstić information content (AvgIpc) is 2.98. The number of alkyl halides is 3. The lowest BCUT2D eigenvalue weighted by Gasteiger charge is -2.10. The lowest BCUT2D eigenvalue weighted by atomic mass is 10.0. The number of rotatable bonds is 2. The number of nitrogens with two attached hydrogens (primary N) is 2. The third kappa shape index (κ3) is 2.86. The quantitative estimate of drug-likeness (QED) is 0.339. The highest BCUT2D eigenvalue weighted by atomic mass is 19.4. The topological polar surface area (TPSA) is 97.5 Å². The highest BCUT2D eigenvalue weighted by Crippen LogP contribution is 2.42. The van der Waals surface area contributed by atoms with E-state index in [9.17, 15) is 18.3 Å². The Kier molecular flexibility index (Phi) is 3.82. The van der Waals surface area contributed by atoms with Gasteiger partial charge in [-0.2, -0.15) is 18.3 Å². The van der Waals surface area contributed by atoms with Gasteiger partial charge in [0.05, 0.1) is 5.56 Å². The Balaban J connectivity index is 1.93. The van der Waals surface area contributed by atoms with E-state index in [1.807, 2.05) is 0 Å². The fourth-order valence-electron chi connectivity index (χ4n) is 2.98. The number of hydrogen-bond donors (Lipinski definition) is 3. The van der Waals surface area contributed by atoms with Gasteiger partial charge in [-0.3, -0.25) is 0 Å². The van der Waals surface area contributed by atoms with E-state index in [4.69, 9.17) is 11.6 Å². The fourth-order valence-corrected chi connectivity index (χ4v) is 2.98. The number of phenolic OH excluding ortho intramolecular Hbond substituents is 1. The van der Waals surface area contributed by atoms with Crippen molar-refractivity contribution in [3.05, 3.63) is 58.4 Å². The van der Waals surface area contributed by atoms with Crippen LogP contribution >= 0.6 is 0 Å². The zero-order valence-electron chi connectivity index (χ0n) is 12.5. The van der Waals surface area contributed by atoms with E-state index in [0.29, 0.717) is 35.4 Å². The van der Waals surface area contributed by atoms with Crippen molar-refractivity contribution in [2.75, 3.05) is 0 Å². The number of amidine groups is 1. The van der Waals surface area contributed by atoms with E-state index in [-0.39, 0.29) is 17.5 Å². The maximum absolute atomic E-state index is 12.9. The first-order valence-electron chi connectivity index (χ1n) is 7.22. The monoisotopic (exact) mass is 336 g/mol. The summed E-state index contributed by atoms with van der Waals surface area (Å²) in [5, 5.41) is 13.3. The van der Waals surface area contributed by atoms with Gasteiger partial charge in [-0.1, -0.05) is 6.07 Å². The second-order valence-corrected chi connectivity index (χ2v) is 5.70. The number of benzene rings is 1. The molecule has 1 aromatic heterocycles. The number of hydrogen-bond acceptors (Lipinski definition) is 4. The van der Waals surface area contributed by atoms with Crippen LogP contribution in [0.2, 0.25) is 0 Å². The summed E-state index contributed by atoms with van der Waals surface area (Å²) in [7, 11) is 0. The number of aromatic hydroxyl groups is 1. The zero-order valence-corrected chi connectivity index (χ0v) is 12.5. The molecule has 0 aliphatic heterocycles. The van der Waals surface area contributed by atoms with Crippen molar-refractivity contribution in [2.45, 2.75) is 24.9 Å². The molecular formula is C16H15F3N4O. The Hall–Kier alpha value is -2.77. The molecule has 5 nitrogen and oxygen atoms in total. The molecule has 1 heterocycles. The zero-order chi connectivity index (χ0) is 17.5. The lowest BCUT2D eigenvalue weighted by Crippen LogP contribution is -2.18. The summed E-state index contributed by atoms with van der Waals surface area (Å²) in [6.45, 7) is 0. The molecule has 0 saturated heterocycles. The van der Waals surface area contributed by atoms with E-state index in [0.717, 1.165) is 12.1 Å². The van der Waals surface area contributed by atoms with Crippen LogP contribution in [0.5, 0.6) is 5.75 Å². The van der Waals surface area contributed by atoms with Crippen LogP contribution in [0, 0.1) is 0 Å². The van der Waals surface area contributed by atoms with Gasteiger partial charge >= 0.3 is 6.18 Å². The van der Waals surface area contributed by atoms with Gasteiger partial charge in [-0.15, -0.1) is 0 Å². The highest BCUT2D eigenvalue weighted by Gasteiger charge is 2.35. The standard InChI is InChI=1S/C16H15F3N4O/c17-16(18,19)10-5-8-4-9(6-11(8)14(24)7-10)12-2-1-3-13(22-12)15(20)23-21/h1-3,5,7,9,24H,4,6,21H2,(H2,20,23). The van der Waals surface area contributed by atoms with Crippen molar-refractivity contribution in [3.8, 4) is 5.75 Å². The molecule has 0 radical (unpaired) electrons. The molecule has 1 unspecified atom stereocenters. The molecule has 1 aromatic carbocycles. The molecule has 0 spiro atoms. The smallest absolute Gasteiger partial charge is 0.416 e. The number of phenols is 1. The van der Waals surface area contributed by atoms with E-state index in [1.165, 1.54) is 0 Å². The predicted molar refractivity (Wildman–Crippen MR) is 82.4 cm³/mol. The van der Waals surface area contributed by atoms with Crippen LogP contribution in [0.15, 0.2) is 35.4 Å². The maximum atomic E-state index is 12.9. The van der Waals surface area contributed by atoms with Gasteiger partial charge < -0.3 is 16.7 Å². The first-order valence-corrected chi connectivity index (χ1v) is 7.22. The SMILES string of the molecule is N/N=C(\N)c1cccc(C2Cc3cc(C(F)(F)F)cc(O)c3C2)n1. The molecular weight excluding hydrogens is 321 g/mol. The number of halogens is 3. The molecule has 0 bridgehead atoms. The van der Waals surface area contributed by atoms with Crippen LogP contribution < -0.4 is 11.6 Å². The minimum absolute atomic E-state index is 0.0783. The van der Waals surface area contributed by atoms with E-state index >= 15 is 0 Å². The molecule has 3 rings (SSSR count). The molecule has 1 atom stereocenters. The van der Waals surface area contributed by atoms with Crippen molar-refractivity contribution >= 4 is 5.84 Å². The summed E-state index contributed by atoms with van der Waals surface area (Å²) in [5.41, 5.74) is 6.88. The number of fused-ring (bicyclic) bond motifs is 1. The summed E-state index contributed by atoms with van der Waals surface area (Å²) < 4.78 is 38.6. The molecule has 5 N–H and O–H groups in total. The summed E-state index contributed by atoms with van der Waals surface area (Å²) in [4.78, 5) is 4.37. The Labute approximate surface area is 135 Å². The summed E-state index contributed by atoms with van der Waals surface area (Å²) in [6, 6.07) is 7.01. The molecule has 1 aliphatic carbocycles. The minimum Gasteiger partial charge on any atom is -0.508 e. The van der Waals surface area contributed by atoms with E-state index in [1.54, 1.807) is 18.2 Å². The summed E-state index contributed by atoms with van der Waals surface area (Å²) >= 11 is 0. The van der Waals surface area contributed by atoms with Crippen LogP contribution in [0.25, 0.3) is 0 Å². The summed E-state index contributed by atoms with van der Waals surface area (Å²) in [5.74, 6) is 4.74. The van der Waals surface area contributed by atoms with Gasteiger partial charge in [0, 0.05) is 11.6 Å². The largest absolute Gasteiger partial charge is 0.508 e. The molecule has 126 valence electrons. The Morgan fingerprint density at radius 2 is 2.00 bits per heavy atom. The first kappa shape index (κ1) is 16.1. The fraction of sp³-hybridized carbons (Fsp3) is 0.250. The van der Waals surface area contributed by atoms with Crippen LogP contribution in [-0.4, -0.2) is 15.9 Å².